The zero-order valence-corrected chi connectivity index (χ0v) is 15.4. The molecule has 11 nitrogen and oxygen atoms in total. The van der Waals surface area contributed by atoms with Crippen LogP contribution in [0.2, 0.25) is 0 Å². The molecule has 0 spiro atoms. The summed E-state index contributed by atoms with van der Waals surface area (Å²) in [6.45, 7) is -0.0466. The molecule has 4 rings (SSSR count). The molecule has 2 heterocycles. The molecular weight excluding hydrogens is 394 g/mol. The van der Waals surface area contributed by atoms with Gasteiger partial charge in [-0.25, -0.2) is 4.90 Å². The number of para-hydroxylation sites is 1. The lowest BCUT2D eigenvalue weighted by molar-refractivity contribution is -0.677. The van der Waals surface area contributed by atoms with Crippen LogP contribution < -0.4 is 20.0 Å². The minimum atomic E-state index is -0.855. The summed E-state index contributed by atoms with van der Waals surface area (Å²) in [6.07, 6.45) is -0.110. The molecule has 0 aliphatic carbocycles. The molecule has 3 aromatic rings. The van der Waals surface area contributed by atoms with Crippen LogP contribution >= 0.6 is 0 Å². The Morgan fingerprint density at radius 1 is 1.17 bits per heavy atom. The van der Waals surface area contributed by atoms with Crippen molar-refractivity contribution in [1.29, 1.82) is 0 Å². The average molecular weight is 409 g/mol. The number of carbonyl (C=O) groups is 2. The lowest BCUT2D eigenvalue weighted by Crippen LogP contribution is -2.43. The van der Waals surface area contributed by atoms with Crippen LogP contribution in [0.15, 0.2) is 59.1 Å². The summed E-state index contributed by atoms with van der Waals surface area (Å²) in [5, 5.41) is 29.4. The van der Waals surface area contributed by atoms with Gasteiger partial charge < -0.3 is 9.63 Å². The first kappa shape index (κ1) is 19.2. The topological polar surface area (TPSA) is 146 Å². The average Bonchev–Trinajstić information content (AvgIpc) is 3.25. The minimum absolute atomic E-state index is 0.0466. The fourth-order valence-corrected chi connectivity index (χ4v) is 3.19. The number of rotatable bonds is 6. The first-order chi connectivity index (χ1) is 14.5. The molecule has 0 bridgehead atoms. The van der Waals surface area contributed by atoms with E-state index in [-0.39, 0.29) is 30.0 Å². The Morgan fingerprint density at radius 3 is 2.53 bits per heavy atom. The molecule has 0 radical (unpaired) electrons. The van der Waals surface area contributed by atoms with E-state index in [4.69, 9.17) is 4.52 Å². The van der Waals surface area contributed by atoms with E-state index in [1.807, 2.05) is 6.07 Å². The molecule has 11 heteroatoms. The van der Waals surface area contributed by atoms with E-state index in [9.17, 15) is 24.8 Å². The number of nitro benzene ring substituents is 1. The maximum Gasteiger partial charge on any atom is 0.269 e. The number of aromatic nitrogens is 2. The second-order valence-corrected chi connectivity index (χ2v) is 6.53. The highest BCUT2D eigenvalue weighted by Gasteiger charge is 2.40. The molecule has 1 atom stereocenters. The van der Waals surface area contributed by atoms with Gasteiger partial charge in [0.2, 0.25) is 11.6 Å². The molecule has 1 aliphatic heterocycles. The largest absolute Gasteiger partial charge is 0.539 e. The number of anilines is 1. The summed E-state index contributed by atoms with van der Waals surface area (Å²) in [7, 11) is 0. The number of hydrogen-bond acceptors (Lipinski definition) is 8. The van der Waals surface area contributed by atoms with Gasteiger partial charge in [0, 0.05) is 24.3 Å². The van der Waals surface area contributed by atoms with Crippen molar-refractivity contribution in [3.05, 3.63) is 70.4 Å². The number of nitrogens with zero attached hydrogens (tertiary/aromatic N) is 4. The van der Waals surface area contributed by atoms with Crippen molar-refractivity contribution in [2.45, 2.75) is 19.0 Å². The number of amides is 2. The van der Waals surface area contributed by atoms with Gasteiger partial charge in [0.25, 0.3) is 17.3 Å². The predicted molar refractivity (Wildman–Crippen MR) is 98.3 cm³/mol. The molecule has 30 heavy (non-hydrogen) atoms. The van der Waals surface area contributed by atoms with Crippen LogP contribution in [-0.2, 0) is 16.1 Å². The molecule has 1 unspecified atom stereocenters. The van der Waals surface area contributed by atoms with Crippen LogP contribution in [0.1, 0.15) is 12.1 Å². The Hall–Kier alpha value is -4.12. The Balaban J connectivity index is 1.50. The maximum atomic E-state index is 12.7. The number of benzene rings is 2. The third kappa shape index (κ3) is 3.49. The molecule has 1 fully saturated rings. The molecule has 2 amide bonds. The molecule has 1 aliphatic rings. The van der Waals surface area contributed by atoms with Crippen molar-refractivity contribution in [2.24, 2.45) is 0 Å². The van der Waals surface area contributed by atoms with Crippen LogP contribution in [0, 0.1) is 10.1 Å². The summed E-state index contributed by atoms with van der Waals surface area (Å²) in [5.74, 6) is -1.62. The van der Waals surface area contributed by atoms with Crippen molar-refractivity contribution in [1.82, 2.24) is 10.6 Å². The van der Waals surface area contributed by atoms with Crippen LogP contribution in [0.4, 0.5) is 11.4 Å². The van der Waals surface area contributed by atoms with E-state index in [2.05, 4.69) is 10.6 Å². The first-order valence-electron chi connectivity index (χ1n) is 8.93. The quantitative estimate of drug-likeness (QED) is 0.266. The number of nitro groups is 1. The van der Waals surface area contributed by atoms with Crippen LogP contribution in [0.5, 0.6) is 5.95 Å². The molecule has 2 aromatic carbocycles. The van der Waals surface area contributed by atoms with E-state index in [0.29, 0.717) is 5.69 Å². The summed E-state index contributed by atoms with van der Waals surface area (Å²) >= 11 is 0. The number of imide groups is 1. The second-order valence-electron chi connectivity index (χ2n) is 6.53. The third-order valence-electron chi connectivity index (χ3n) is 4.68. The summed E-state index contributed by atoms with van der Waals surface area (Å²) in [6, 6.07) is 13.1. The van der Waals surface area contributed by atoms with Gasteiger partial charge in [0.1, 0.15) is 0 Å². The molecule has 0 saturated carbocycles. The molecule has 1 aromatic heterocycles. The fourth-order valence-electron chi connectivity index (χ4n) is 3.19. The SMILES string of the molecule is O=C1CC(NCc2c([O-])on[n+]2-c2ccccc2)C(=O)N1c1ccc([N+](=O)[O-])cc1. The highest BCUT2D eigenvalue weighted by molar-refractivity contribution is 6.22. The molecule has 1 N–H and O–H groups in total. The lowest BCUT2D eigenvalue weighted by atomic mass is 10.2. The van der Waals surface area contributed by atoms with Gasteiger partial charge >= 0.3 is 0 Å². The molecule has 152 valence electrons. The number of non-ortho nitro benzene ring substituents is 1. The van der Waals surface area contributed by atoms with E-state index in [0.717, 1.165) is 4.90 Å². The van der Waals surface area contributed by atoms with Crippen molar-refractivity contribution in [3.63, 3.8) is 0 Å². The monoisotopic (exact) mass is 409 g/mol. The fraction of sp³-hybridized carbons (Fsp3) is 0.158. The van der Waals surface area contributed by atoms with E-state index in [1.165, 1.54) is 28.9 Å². The van der Waals surface area contributed by atoms with Gasteiger partial charge in [-0.05, 0) is 16.8 Å². The Bertz CT molecular complexity index is 1110. The van der Waals surface area contributed by atoms with Gasteiger partial charge in [-0.2, -0.15) is 0 Å². The Morgan fingerprint density at radius 2 is 1.87 bits per heavy atom. The van der Waals surface area contributed by atoms with Crippen molar-refractivity contribution >= 4 is 23.2 Å². The maximum absolute atomic E-state index is 12.7. The van der Waals surface area contributed by atoms with Crippen molar-refractivity contribution < 1.29 is 28.8 Å². The Kier molecular flexibility index (Phi) is 4.94. The lowest BCUT2D eigenvalue weighted by Gasteiger charge is -2.15. The van der Waals surface area contributed by atoms with Crippen molar-refractivity contribution in [2.75, 3.05) is 4.90 Å². The van der Waals surface area contributed by atoms with Crippen molar-refractivity contribution in [3.8, 4) is 11.6 Å². The zero-order chi connectivity index (χ0) is 21.3. The first-order valence-corrected chi connectivity index (χ1v) is 8.93. The Labute approximate surface area is 169 Å². The van der Waals surface area contributed by atoms with Gasteiger partial charge in [0.15, 0.2) is 5.95 Å². The molecule has 1 saturated heterocycles. The van der Waals surface area contributed by atoms with Gasteiger partial charge in [0.05, 0.1) is 34.9 Å². The predicted octanol–water partition coefficient (Wildman–Crippen LogP) is 0.355. The van der Waals surface area contributed by atoms with Crippen LogP contribution in [-0.4, -0.2) is 28.1 Å². The van der Waals surface area contributed by atoms with Gasteiger partial charge in [-0.3, -0.25) is 25.0 Å². The van der Waals surface area contributed by atoms with Crippen LogP contribution in [0.25, 0.3) is 5.69 Å². The normalized spacial score (nSPS) is 16.3. The van der Waals surface area contributed by atoms with Gasteiger partial charge in [-0.15, -0.1) is 0 Å². The zero-order valence-electron chi connectivity index (χ0n) is 15.4. The molecular formula is C19H15N5O6. The number of carbonyl (C=O) groups excluding carboxylic acids is 2. The minimum Gasteiger partial charge on any atom is -0.539 e. The summed E-state index contributed by atoms with van der Waals surface area (Å²) in [5.41, 5.74) is 0.888. The smallest absolute Gasteiger partial charge is 0.269 e. The third-order valence-corrected chi connectivity index (χ3v) is 4.68. The standard InChI is InChI=1S/C19H15N5O6/c25-17-10-15(18(26)22(17)12-6-8-14(9-7-12)24(28)29)20-11-16-19(27)30-21-23(16)13-4-2-1-3-5-13/h1-9,15,20H,10-11H2. The van der Waals surface area contributed by atoms with Gasteiger partial charge in [-0.1, -0.05) is 18.2 Å². The number of hydrogen-bond donors (Lipinski definition) is 1. The summed E-state index contributed by atoms with van der Waals surface area (Å²) in [4.78, 5) is 36.3. The van der Waals surface area contributed by atoms with E-state index >= 15 is 0 Å². The number of nitrogens with one attached hydrogen (secondary N) is 1. The second kappa shape index (κ2) is 7.72. The summed E-state index contributed by atoms with van der Waals surface area (Å²) < 4.78 is 6.06. The highest BCUT2D eigenvalue weighted by atomic mass is 16.6. The highest BCUT2D eigenvalue weighted by Crippen LogP contribution is 2.25. The van der Waals surface area contributed by atoms with Crippen LogP contribution in [0.3, 0.4) is 0 Å². The van der Waals surface area contributed by atoms with E-state index in [1.54, 1.807) is 24.3 Å². The van der Waals surface area contributed by atoms with E-state index < -0.39 is 28.7 Å².